The number of carbonyl (C=O) groups excluding carboxylic acids is 3. The van der Waals surface area contributed by atoms with Crippen molar-refractivity contribution in [1.29, 1.82) is 0 Å². The zero-order chi connectivity index (χ0) is 25.2. The number of nitrogens with zero attached hydrogens (tertiary/aromatic N) is 5. The maximum absolute atomic E-state index is 13.4. The van der Waals surface area contributed by atoms with Crippen LogP contribution in [0.25, 0.3) is 11.4 Å². The Morgan fingerprint density at radius 1 is 0.972 bits per heavy atom. The van der Waals surface area contributed by atoms with Crippen LogP contribution in [0.1, 0.15) is 21.8 Å². The number of hydrogen-bond acceptors (Lipinski definition) is 9. The lowest BCUT2D eigenvalue weighted by Gasteiger charge is -2.34. The first kappa shape index (κ1) is 23.2. The van der Waals surface area contributed by atoms with Crippen LogP contribution in [0, 0.1) is 0 Å². The molecule has 5 rings (SSSR count). The van der Waals surface area contributed by atoms with Gasteiger partial charge in [-0.25, -0.2) is 15.0 Å². The summed E-state index contributed by atoms with van der Waals surface area (Å²) in [5.41, 5.74) is 8.37. The lowest BCUT2D eigenvalue weighted by atomic mass is 9.94. The number of nitrogen functional groups attached to an aromatic ring is 1. The van der Waals surface area contributed by atoms with E-state index in [-0.39, 0.29) is 31.4 Å². The van der Waals surface area contributed by atoms with E-state index in [9.17, 15) is 14.4 Å². The molecule has 11 nitrogen and oxygen atoms in total. The van der Waals surface area contributed by atoms with Gasteiger partial charge in [-0.2, -0.15) is 0 Å². The van der Waals surface area contributed by atoms with Crippen LogP contribution < -0.4 is 15.8 Å². The minimum atomic E-state index is -0.741. The van der Waals surface area contributed by atoms with Gasteiger partial charge in [0, 0.05) is 43.9 Å². The van der Waals surface area contributed by atoms with E-state index in [1.165, 1.54) is 30.6 Å². The van der Waals surface area contributed by atoms with Gasteiger partial charge in [-0.05, 0) is 12.1 Å². The van der Waals surface area contributed by atoms with Crippen LogP contribution in [0.3, 0.4) is 0 Å². The molecular weight excluding hydrogens is 462 g/mol. The Kier molecular flexibility index (Phi) is 6.19. The maximum Gasteiger partial charge on any atom is 0.290 e. The monoisotopic (exact) mass is 487 g/mol. The lowest BCUT2D eigenvalue weighted by molar-refractivity contribution is -0.146. The summed E-state index contributed by atoms with van der Waals surface area (Å²) in [6, 6.07) is 9.01. The van der Waals surface area contributed by atoms with Gasteiger partial charge in [0.1, 0.15) is 23.0 Å². The molecule has 11 heteroatoms. The summed E-state index contributed by atoms with van der Waals surface area (Å²) in [5, 5.41) is 3.20. The summed E-state index contributed by atoms with van der Waals surface area (Å²) in [5.74, 6) is -1.25. The molecule has 1 atom stereocenters. The van der Waals surface area contributed by atoms with E-state index in [4.69, 9.17) is 10.5 Å². The lowest BCUT2D eigenvalue weighted by Crippen LogP contribution is -2.52. The molecule has 2 amide bonds. The molecule has 2 aromatic heterocycles. The smallest absolute Gasteiger partial charge is 0.290 e. The van der Waals surface area contributed by atoms with Gasteiger partial charge in [0.25, 0.3) is 11.8 Å². The predicted molar refractivity (Wildman–Crippen MR) is 131 cm³/mol. The highest BCUT2D eigenvalue weighted by molar-refractivity contribution is 6.38. The number of nitrogens with two attached hydrogens (primary N) is 1. The number of ketones is 1. The minimum Gasteiger partial charge on any atom is -0.495 e. The van der Waals surface area contributed by atoms with Crippen LogP contribution >= 0.6 is 0 Å². The first-order valence-electron chi connectivity index (χ1n) is 11.5. The van der Waals surface area contributed by atoms with E-state index in [2.05, 4.69) is 20.3 Å². The van der Waals surface area contributed by atoms with E-state index < -0.39 is 17.6 Å². The van der Waals surface area contributed by atoms with Crippen LogP contribution in [-0.2, 0) is 9.59 Å². The van der Waals surface area contributed by atoms with Crippen LogP contribution in [0.4, 0.5) is 11.5 Å². The summed E-state index contributed by atoms with van der Waals surface area (Å²) < 4.78 is 5.48. The first-order chi connectivity index (χ1) is 17.5. The van der Waals surface area contributed by atoms with Gasteiger partial charge in [-0.1, -0.05) is 18.2 Å². The van der Waals surface area contributed by atoms with E-state index in [0.29, 0.717) is 47.0 Å². The van der Waals surface area contributed by atoms with Crippen molar-refractivity contribution in [3.8, 4) is 17.1 Å². The standard InChI is InChI=1S/C25H25N7O4/c1-36-18-13-30-21(17-12-28-19(26)14-27-17)22-20(18)16(11-29-22)23(33)25(35)32-9-7-31(8-10-32)24(34)15-5-3-2-4-6-15/h2-6,12-14,16,29H,7-11H2,1H3,(H2,26,28). The Hall–Kier alpha value is -4.54. The third kappa shape index (κ3) is 4.19. The summed E-state index contributed by atoms with van der Waals surface area (Å²) in [7, 11) is 1.49. The number of aromatic nitrogens is 3. The highest BCUT2D eigenvalue weighted by Crippen LogP contribution is 2.43. The number of ether oxygens (including phenoxy) is 1. The number of piperazine rings is 1. The normalized spacial score (nSPS) is 16.8. The number of pyridine rings is 1. The third-order valence-corrected chi connectivity index (χ3v) is 6.45. The van der Waals surface area contributed by atoms with Crippen LogP contribution in [0.15, 0.2) is 48.9 Å². The highest BCUT2D eigenvalue weighted by Gasteiger charge is 2.39. The zero-order valence-electron chi connectivity index (χ0n) is 19.7. The second-order valence-corrected chi connectivity index (χ2v) is 8.54. The molecule has 1 saturated heterocycles. The molecule has 0 radical (unpaired) electrons. The Bertz CT molecular complexity index is 1310. The summed E-state index contributed by atoms with van der Waals surface area (Å²) in [6.45, 7) is 1.52. The molecule has 0 spiro atoms. The quantitative estimate of drug-likeness (QED) is 0.507. The second-order valence-electron chi connectivity index (χ2n) is 8.54. The molecule has 1 fully saturated rings. The summed E-state index contributed by atoms with van der Waals surface area (Å²) in [6.07, 6.45) is 4.44. The summed E-state index contributed by atoms with van der Waals surface area (Å²) in [4.78, 5) is 55.2. The maximum atomic E-state index is 13.4. The molecule has 184 valence electrons. The average molecular weight is 488 g/mol. The average Bonchev–Trinajstić information content (AvgIpc) is 3.38. The van der Waals surface area contributed by atoms with Crippen molar-refractivity contribution in [2.45, 2.75) is 5.92 Å². The molecule has 0 bridgehead atoms. The molecule has 4 heterocycles. The van der Waals surface area contributed by atoms with Crippen LogP contribution in [-0.4, -0.2) is 82.2 Å². The number of hydrogen-bond donors (Lipinski definition) is 2. The van der Waals surface area contributed by atoms with E-state index in [1.54, 1.807) is 17.0 Å². The number of Topliss-reactive ketones (excluding diaryl/α,β-unsaturated/α-hetero) is 1. The number of benzene rings is 1. The zero-order valence-corrected chi connectivity index (χ0v) is 19.7. The number of rotatable bonds is 5. The molecular formula is C25H25N7O4. The third-order valence-electron chi connectivity index (χ3n) is 6.45. The van der Waals surface area contributed by atoms with Gasteiger partial charge in [-0.3, -0.25) is 14.4 Å². The van der Waals surface area contributed by atoms with Crippen molar-refractivity contribution in [1.82, 2.24) is 24.8 Å². The van der Waals surface area contributed by atoms with Gasteiger partial charge in [-0.15, -0.1) is 0 Å². The molecule has 0 saturated carbocycles. The topological polar surface area (TPSA) is 144 Å². The van der Waals surface area contributed by atoms with Gasteiger partial charge in [0.15, 0.2) is 0 Å². The highest BCUT2D eigenvalue weighted by atomic mass is 16.5. The van der Waals surface area contributed by atoms with E-state index in [1.807, 2.05) is 18.2 Å². The van der Waals surface area contributed by atoms with Gasteiger partial charge in [0.05, 0.1) is 37.3 Å². The van der Waals surface area contributed by atoms with Crippen molar-refractivity contribution in [3.05, 3.63) is 60.0 Å². The molecule has 3 aromatic rings. The molecule has 1 unspecified atom stereocenters. The fourth-order valence-corrected chi connectivity index (χ4v) is 4.56. The first-order valence-corrected chi connectivity index (χ1v) is 11.5. The van der Waals surface area contributed by atoms with Gasteiger partial charge >= 0.3 is 0 Å². The SMILES string of the molecule is COc1cnc(-c2cnc(N)cn2)c2c1C(C(=O)C(=O)N1CCN(C(=O)c3ccccc3)CC1)CN2. The second kappa shape index (κ2) is 9.61. The van der Waals surface area contributed by atoms with E-state index >= 15 is 0 Å². The molecule has 2 aliphatic rings. The Morgan fingerprint density at radius 2 is 1.69 bits per heavy atom. The van der Waals surface area contributed by atoms with Crippen molar-refractivity contribution < 1.29 is 19.1 Å². The Balaban J connectivity index is 1.32. The summed E-state index contributed by atoms with van der Waals surface area (Å²) >= 11 is 0. The predicted octanol–water partition coefficient (Wildman–Crippen LogP) is 1.19. The molecule has 3 N–H and O–H groups in total. The number of nitrogens with one attached hydrogen (secondary N) is 1. The van der Waals surface area contributed by atoms with Crippen molar-refractivity contribution in [2.75, 3.05) is 50.9 Å². The van der Waals surface area contributed by atoms with Crippen LogP contribution in [0.5, 0.6) is 5.75 Å². The van der Waals surface area contributed by atoms with Crippen molar-refractivity contribution >= 4 is 29.1 Å². The number of carbonyl (C=O) groups is 3. The van der Waals surface area contributed by atoms with Crippen molar-refractivity contribution in [2.24, 2.45) is 0 Å². The minimum absolute atomic E-state index is 0.0847. The van der Waals surface area contributed by atoms with Gasteiger partial charge < -0.3 is 25.6 Å². The number of amides is 2. The molecule has 36 heavy (non-hydrogen) atoms. The fraction of sp³-hybridized carbons (Fsp3) is 0.280. The number of anilines is 2. The Morgan fingerprint density at radius 3 is 2.36 bits per heavy atom. The molecule has 0 aliphatic carbocycles. The van der Waals surface area contributed by atoms with Crippen molar-refractivity contribution in [3.63, 3.8) is 0 Å². The van der Waals surface area contributed by atoms with E-state index in [0.717, 1.165) is 0 Å². The molecule has 2 aliphatic heterocycles. The number of methoxy groups -OCH3 is 1. The fourth-order valence-electron chi connectivity index (χ4n) is 4.56. The van der Waals surface area contributed by atoms with Crippen LogP contribution in [0.2, 0.25) is 0 Å². The largest absolute Gasteiger partial charge is 0.495 e. The Labute approximate surface area is 207 Å². The van der Waals surface area contributed by atoms with Gasteiger partial charge in [0.2, 0.25) is 5.78 Å². The number of fused-ring (bicyclic) bond motifs is 1. The molecule has 1 aromatic carbocycles.